The number of pyridine rings is 1. The van der Waals surface area contributed by atoms with Crippen LogP contribution in [-0.2, 0) is 0 Å². The summed E-state index contributed by atoms with van der Waals surface area (Å²) in [6.07, 6.45) is 2.10. The molecule has 16 heavy (non-hydrogen) atoms. The first-order valence-electron chi connectivity index (χ1n) is 4.98. The number of halogens is 1. The molecule has 3 rings (SSSR count). The van der Waals surface area contributed by atoms with Gasteiger partial charge in [-0.05, 0) is 30.3 Å². The molecule has 0 N–H and O–H groups in total. The van der Waals surface area contributed by atoms with Gasteiger partial charge in [0.2, 0.25) is 5.69 Å². The lowest BCUT2D eigenvalue weighted by atomic mass is 10.2. The Morgan fingerprint density at radius 2 is 1.81 bits per heavy atom. The Morgan fingerprint density at radius 1 is 1.00 bits per heavy atom. The summed E-state index contributed by atoms with van der Waals surface area (Å²) in [5, 5.41) is 2.19. The van der Waals surface area contributed by atoms with E-state index in [1.807, 2.05) is 0 Å². The molecule has 3 heteroatoms. The molecule has 1 aromatic carbocycles. The van der Waals surface area contributed by atoms with E-state index in [0.717, 1.165) is 4.47 Å². The van der Waals surface area contributed by atoms with Crippen molar-refractivity contribution in [2.45, 2.75) is 0 Å². The van der Waals surface area contributed by atoms with Gasteiger partial charge in [0.1, 0.15) is 0 Å². The maximum absolute atomic E-state index is 3.45. The summed E-state index contributed by atoms with van der Waals surface area (Å²) < 4.78 is 3.33. The molecule has 0 fully saturated rings. The topological polar surface area (TPSA) is 4.10 Å². The van der Waals surface area contributed by atoms with Gasteiger partial charge >= 0.3 is 0 Å². The van der Waals surface area contributed by atoms with Crippen LogP contribution in [0.3, 0.4) is 0 Å². The molecule has 1 nitrogen and oxygen atoms in total. The largest absolute Gasteiger partial charge is 0.267 e. The second kappa shape index (κ2) is 4.00. The fourth-order valence-electron chi connectivity index (χ4n) is 1.72. The van der Waals surface area contributed by atoms with Crippen LogP contribution in [0.2, 0.25) is 0 Å². The number of rotatable bonds is 1. The maximum Gasteiger partial charge on any atom is 0.267 e. The Labute approximate surface area is 106 Å². The number of fused-ring (bicyclic) bond motifs is 1. The van der Waals surface area contributed by atoms with Crippen molar-refractivity contribution in [1.82, 2.24) is 0 Å². The molecule has 3 aromatic rings. The lowest BCUT2D eigenvalue weighted by Gasteiger charge is -1.94. The number of hydrogen-bond acceptors (Lipinski definition) is 1. The molecule has 0 atom stereocenters. The summed E-state index contributed by atoms with van der Waals surface area (Å²) in [7, 11) is 0. The smallest absolute Gasteiger partial charge is 0.150 e. The van der Waals surface area contributed by atoms with E-state index >= 15 is 0 Å². The number of thiazole rings is 1. The number of aromatic nitrogens is 1. The van der Waals surface area contributed by atoms with E-state index in [4.69, 9.17) is 0 Å². The first-order valence-corrected chi connectivity index (χ1v) is 6.66. The molecular formula is C13H9BrNS+. The van der Waals surface area contributed by atoms with Crippen LogP contribution in [0.15, 0.2) is 58.5 Å². The zero-order chi connectivity index (χ0) is 11.0. The van der Waals surface area contributed by atoms with Gasteiger partial charge in [-0.1, -0.05) is 27.3 Å². The SMILES string of the molecule is Brc1ccc(-c2csc3cccc[n+]23)cc1. The Hall–Kier alpha value is -1.19. The Kier molecular flexibility index (Phi) is 2.50. The molecule has 0 amide bonds. The van der Waals surface area contributed by atoms with Gasteiger partial charge in [0.25, 0.3) is 4.83 Å². The highest BCUT2D eigenvalue weighted by Crippen LogP contribution is 2.22. The third-order valence-electron chi connectivity index (χ3n) is 2.51. The van der Waals surface area contributed by atoms with Crippen LogP contribution in [-0.4, -0.2) is 0 Å². The lowest BCUT2D eigenvalue weighted by molar-refractivity contribution is -0.495. The van der Waals surface area contributed by atoms with Crippen molar-refractivity contribution in [2.24, 2.45) is 0 Å². The molecule has 0 saturated carbocycles. The molecular weight excluding hydrogens is 282 g/mol. The van der Waals surface area contributed by atoms with Crippen molar-refractivity contribution in [1.29, 1.82) is 0 Å². The third-order valence-corrected chi connectivity index (χ3v) is 3.96. The number of benzene rings is 1. The van der Waals surface area contributed by atoms with Crippen molar-refractivity contribution >= 4 is 32.1 Å². The van der Waals surface area contributed by atoms with Crippen LogP contribution >= 0.6 is 27.3 Å². The highest BCUT2D eigenvalue weighted by Gasteiger charge is 2.13. The molecule has 0 unspecified atom stereocenters. The summed E-state index contributed by atoms with van der Waals surface area (Å²) in [4.78, 5) is 1.26. The van der Waals surface area contributed by atoms with Crippen LogP contribution < -0.4 is 4.40 Å². The van der Waals surface area contributed by atoms with E-state index in [-0.39, 0.29) is 0 Å². The lowest BCUT2D eigenvalue weighted by Crippen LogP contribution is -2.19. The quantitative estimate of drug-likeness (QED) is 0.598. The zero-order valence-corrected chi connectivity index (χ0v) is 10.8. The average Bonchev–Trinajstić information content (AvgIpc) is 2.74. The van der Waals surface area contributed by atoms with Crippen LogP contribution in [0.4, 0.5) is 0 Å². The molecule has 0 bridgehead atoms. The van der Waals surface area contributed by atoms with E-state index < -0.39 is 0 Å². The Balaban J connectivity index is 2.22. The fraction of sp³-hybridized carbons (Fsp3) is 0. The van der Waals surface area contributed by atoms with Gasteiger partial charge in [-0.3, -0.25) is 0 Å². The first-order chi connectivity index (χ1) is 7.84. The van der Waals surface area contributed by atoms with E-state index in [2.05, 4.69) is 74.4 Å². The van der Waals surface area contributed by atoms with Crippen LogP contribution in [0.25, 0.3) is 16.1 Å². The van der Waals surface area contributed by atoms with Crippen molar-refractivity contribution < 1.29 is 4.40 Å². The van der Waals surface area contributed by atoms with E-state index in [9.17, 15) is 0 Å². The fourth-order valence-corrected chi connectivity index (χ4v) is 2.90. The van der Waals surface area contributed by atoms with E-state index in [0.29, 0.717) is 0 Å². The molecule has 2 heterocycles. The highest BCUT2D eigenvalue weighted by atomic mass is 79.9. The van der Waals surface area contributed by atoms with Crippen LogP contribution in [0.1, 0.15) is 0 Å². The number of hydrogen-bond donors (Lipinski definition) is 0. The minimum atomic E-state index is 1.11. The van der Waals surface area contributed by atoms with Crippen molar-refractivity contribution in [3.63, 3.8) is 0 Å². The van der Waals surface area contributed by atoms with Crippen molar-refractivity contribution in [2.75, 3.05) is 0 Å². The zero-order valence-electron chi connectivity index (χ0n) is 8.43. The van der Waals surface area contributed by atoms with Gasteiger partial charge < -0.3 is 0 Å². The predicted octanol–water partition coefficient (Wildman–Crippen LogP) is 3.92. The second-order valence-electron chi connectivity index (χ2n) is 3.54. The minimum absolute atomic E-state index is 1.11. The average molecular weight is 291 g/mol. The Morgan fingerprint density at radius 3 is 2.62 bits per heavy atom. The van der Waals surface area contributed by atoms with Crippen molar-refractivity contribution in [3.05, 3.63) is 58.5 Å². The van der Waals surface area contributed by atoms with E-state index in [1.54, 1.807) is 11.3 Å². The van der Waals surface area contributed by atoms with Gasteiger partial charge in [0.05, 0.1) is 5.38 Å². The first kappa shape index (κ1) is 10.00. The summed E-state index contributed by atoms with van der Waals surface area (Å²) in [5.41, 5.74) is 2.48. The van der Waals surface area contributed by atoms with Crippen molar-refractivity contribution in [3.8, 4) is 11.3 Å². The summed E-state index contributed by atoms with van der Waals surface area (Å²) >= 11 is 5.22. The minimum Gasteiger partial charge on any atom is -0.150 e. The van der Waals surface area contributed by atoms with Gasteiger partial charge in [0.15, 0.2) is 6.20 Å². The maximum atomic E-state index is 3.45. The summed E-state index contributed by atoms with van der Waals surface area (Å²) in [5.74, 6) is 0. The second-order valence-corrected chi connectivity index (χ2v) is 5.34. The van der Waals surface area contributed by atoms with Crippen LogP contribution in [0.5, 0.6) is 0 Å². The summed E-state index contributed by atoms with van der Waals surface area (Å²) in [6.45, 7) is 0. The van der Waals surface area contributed by atoms with Gasteiger partial charge in [-0.15, -0.1) is 0 Å². The van der Waals surface area contributed by atoms with Gasteiger partial charge in [-0.2, -0.15) is 4.40 Å². The monoisotopic (exact) mass is 290 g/mol. The molecule has 0 radical (unpaired) electrons. The molecule has 0 aliphatic carbocycles. The molecule has 78 valence electrons. The summed E-state index contributed by atoms with van der Waals surface area (Å²) in [6, 6.07) is 14.7. The van der Waals surface area contributed by atoms with Gasteiger partial charge in [-0.25, -0.2) is 0 Å². The standard InChI is InChI=1S/C13H9BrNS/c14-11-6-4-10(5-7-11)12-9-16-13-3-1-2-8-15(12)13/h1-9H/q+1. The molecule has 0 saturated heterocycles. The molecule has 2 aromatic heterocycles. The van der Waals surface area contributed by atoms with Gasteiger partial charge in [0, 0.05) is 22.2 Å². The Bertz CT molecular complexity index is 628. The predicted molar refractivity (Wildman–Crippen MR) is 70.6 cm³/mol. The number of nitrogens with zero attached hydrogens (tertiary/aromatic N) is 1. The molecule has 0 spiro atoms. The molecule has 0 aliphatic heterocycles. The molecule has 0 aliphatic rings. The van der Waals surface area contributed by atoms with E-state index in [1.165, 1.54) is 16.1 Å². The third kappa shape index (κ3) is 1.66. The normalized spacial score (nSPS) is 10.8. The highest BCUT2D eigenvalue weighted by molar-refractivity contribution is 9.10. The van der Waals surface area contributed by atoms with Crippen LogP contribution in [0, 0.1) is 0 Å².